The summed E-state index contributed by atoms with van der Waals surface area (Å²) in [5.74, 6) is 0. The molecule has 0 fully saturated rings. The van der Waals surface area contributed by atoms with Crippen molar-refractivity contribution < 1.29 is 0 Å². The van der Waals surface area contributed by atoms with Gasteiger partial charge in [0.05, 0.1) is 33.1 Å². The molecule has 2 heterocycles. The second-order valence-electron chi connectivity index (χ2n) is 16.8. The Kier molecular flexibility index (Phi) is 8.74. The van der Waals surface area contributed by atoms with Gasteiger partial charge in [-0.3, -0.25) is 0 Å². The number of aromatic nitrogens is 1. The van der Waals surface area contributed by atoms with Crippen LogP contribution < -0.4 is 9.80 Å². The summed E-state index contributed by atoms with van der Waals surface area (Å²) < 4.78 is 4.84. The Labute approximate surface area is 385 Å². The fourth-order valence-corrected chi connectivity index (χ4v) is 11.4. The second kappa shape index (κ2) is 15.2. The topological polar surface area (TPSA) is 35.2 Å². The maximum atomic E-state index is 9.59. The van der Waals surface area contributed by atoms with Gasteiger partial charge in [0.1, 0.15) is 0 Å². The molecule has 0 aliphatic carbocycles. The first kappa shape index (κ1) is 37.8. The number of nitrogens with zero attached hydrogens (tertiary/aromatic N) is 4. The normalized spacial score (nSPS) is 11.6. The van der Waals surface area contributed by atoms with E-state index in [4.69, 9.17) is 0 Å². The lowest BCUT2D eigenvalue weighted by atomic mass is 10.0. The number of hydrogen-bond acceptors (Lipinski definition) is 4. The third kappa shape index (κ3) is 6.04. The predicted octanol–water partition coefficient (Wildman–Crippen LogP) is 17.4. The van der Waals surface area contributed by atoms with Crippen molar-refractivity contribution in [1.29, 1.82) is 5.26 Å². The number of benzene rings is 11. The zero-order chi connectivity index (χ0) is 43.7. The zero-order valence-electron chi connectivity index (χ0n) is 35.6. The van der Waals surface area contributed by atoms with Crippen molar-refractivity contribution >= 4 is 120 Å². The summed E-state index contributed by atoms with van der Waals surface area (Å²) in [5, 5.41) is 22.0. The summed E-state index contributed by atoms with van der Waals surface area (Å²) in [6.07, 6.45) is 0. The molecular formula is C61H38N4S. The van der Waals surface area contributed by atoms with E-state index in [-0.39, 0.29) is 0 Å². The smallest absolute Gasteiger partial charge is 0.0991 e. The number of rotatable bonds is 7. The van der Waals surface area contributed by atoms with E-state index >= 15 is 0 Å². The monoisotopic (exact) mass is 858 g/mol. The fourth-order valence-electron chi connectivity index (χ4n) is 10.1. The molecule has 13 rings (SSSR count). The molecule has 0 unspecified atom stereocenters. The van der Waals surface area contributed by atoms with Gasteiger partial charge in [-0.1, -0.05) is 127 Å². The van der Waals surface area contributed by atoms with E-state index in [1.165, 1.54) is 63.3 Å². The first-order valence-electron chi connectivity index (χ1n) is 22.2. The van der Waals surface area contributed by atoms with Crippen LogP contribution in [-0.4, -0.2) is 4.57 Å². The highest BCUT2D eigenvalue weighted by Crippen LogP contribution is 2.48. The lowest BCUT2D eigenvalue weighted by Gasteiger charge is -2.29. The molecule has 11 aromatic carbocycles. The number of fused-ring (bicyclic) bond motifs is 11. The molecule has 0 atom stereocenters. The Morgan fingerprint density at radius 1 is 0.379 bits per heavy atom. The van der Waals surface area contributed by atoms with E-state index in [1.54, 1.807) is 0 Å². The Morgan fingerprint density at radius 2 is 0.939 bits per heavy atom. The summed E-state index contributed by atoms with van der Waals surface area (Å²) in [7, 11) is 0. The largest absolute Gasteiger partial charge is 0.310 e. The van der Waals surface area contributed by atoms with Crippen LogP contribution in [0.4, 0.5) is 34.1 Å². The van der Waals surface area contributed by atoms with Crippen LogP contribution in [0.1, 0.15) is 5.56 Å². The van der Waals surface area contributed by atoms with Crippen LogP contribution in [0.15, 0.2) is 231 Å². The number of anilines is 6. The molecule has 0 saturated carbocycles. The Hall–Kier alpha value is -8.69. The van der Waals surface area contributed by atoms with Gasteiger partial charge < -0.3 is 14.4 Å². The van der Waals surface area contributed by atoms with E-state index in [2.05, 4.69) is 227 Å². The molecule has 0 spiro atoms. The van der Waals surface area contributed by atoms with Gasteiger partial charge in [0.15, 0.2) is 0 Å². The van der Waals surface area contributed by atoms with E-state index in [0.717, 1.165) is 50.8 Å². The predicted molar refractivity (Wildman–Crippen MR) is 280 cm³/mol. The Balaban J connectivity index is 0.990. The van der Waals surface area contributed by atoms with Crippen molar-refractivity contribution in [2.45, 2.75) is 0 Å². The third-order valence-electron chi connectivity index (χ3n) is 13.1. The molecule has 0 bridgehead atoms. The molecule has 308 valence electrons. The summed E-state index contributed by atoms with van der Waals surface area (Å²) in [6, 6.07) is 85.2. The molecule has 5 heteroatoms. The van der Waals surface area contributed by atoms with Gasteiger partial charge in [-0.2, -0.15) is 5.26 Å². The lowest BCUT2D eigenvalue weighted by molar-refractivity contribution is 1.17. The Morgan fingerprint density at radius 3 is 1.73 bits per heavy atom. The van der Waals surface area contributed by atoms with E-state index in [9.17, 15) is 5.26 Å². The summed E-state index contributed by atoms with van der Waals surface area (Å²) in [4.78, 5) is 4.78. The quantitative estimate of drug-likeness (QED) is 0.150. The third-order valence-corrected chi connectivity index (χ3v) is 14.3. The van der Waals surface area contributed by atoms with Crippen molar-refractivity contribution in [3.05, 3.63) is 236 Å². The van der Waals surface area contributed by atoms with E-state index in [0.29, 0.717) is 5.56 Å². The number of hydrogen-bond donors (Lipinski definition) is 0. The molecule has 0 amide bonds. The molecule has 0 aliphatic heterocycles. The van der Waals surface area contributed by atoms with Crippen LogP contribution in [0.25, 0.3) is 80.0 Å². The van der Waals surface area contributed by atoms with Crippen molar-refractivity contribution in [3.63, 3.8) is 0 Å². The Bertz CT molecular complexity index is 4070. The number of para-hydroxylation sites is 2. The van der Waals surface area contributed by atoms with Crippen LogP contribution in [0.2, 0.25) is 0 Å². The van der Waals surface area contributed by atoms with Crippen molar-refractivity contribution in [2.75, 3.05) is 9.80 Å². The fraction of sp³-hybridized carbons (Fsp3) is 0. The van der Waals surface area contributed by atoms with E-state index < -0.39 is 0 Å². The van der Waals surface area contributed by atoms with Crippen LogP contribution in [0.3, 0.4) is 0 Å². The van der Waals surface area contributed by atoms with Gasteiger partial charge in [-0.05, 0) is 135 Å². The first-order chi connectivity index (χ1) is 32.7. The zero-order valence-corrected chi connectivity index (χ0v) is 36.5. The highest BCUT2D eigenvalue weighted by Gasteiger charge is 2.22. The SMILES string of the molecule is N#Cc1ccc(-n2c3ccccc3c3ccc(N(c4ccccc4)c4ccc(N(c5ccc6c(ccc7ccccc76)c5)c5cccc6c5sc5ccc7ccccc7c56)cc4)cc32)cc1. The summed E-state index contributed by atoms with van der Waals surface area (Å²) in [5.41, 5.74) is 10.3. The average molecular weight is 859 g/mol. The van der Waals surface area contributed by atoms with Crippen LogP contribution >= 0.6 is 11.3 Å². The molecule has 0 aliphatic rings. The molecule has 2 aromatic heterocycles. The standard InChI is InChI=1S/C61H38N4S/c62-39-40-21-26-47(27-22-40)65-56-19-9-8-17-53(56)54-35-33-49(38-58(54)65)63(44-13-2-1-3-14-44)45-28-30-46(31-29-45)64(48-32-34-51-43(37-48)24-23-41-11-4-6-15-50(41)51)57-20-10-18-55-60-52-16-7-5-12-42(52)25-36-59(60)66-61(55)57/h1-38H. The second-order valence-corrected chi connectivity index (χ2v) is 17.9. The van der Waals surface area contributed by atoms with Crippen LogP contribution in [0, 0.1) is 11.3 Å². The molecule has 13 aromatic rings. The minimum Gasteiger partial charge on any atom is -0.310 e. The molecule has 0 radical (unpaired) electrons. The number of thiophene rings is 1. The molecule has 4 nitrogen and oxygen atoms in total. The van der Waals surface area contributed by atoms with Gasteiger partial charge in [0.2, 0.25) is 0 Å². The van der Waals surface area contributed by atoms with Gasteiger partial charge in [0.25, 0.3) is 0 Å². The minimum absolute atomic E-state index is 0.640. The van der Waals surface area contributed by atoms with Gasteiger partial charge >= 0.3 is 0 Å². The van der Waals surface area contributed by atoms with E-state index in [1.807, 2.05) is 35.6 Å². The van der Waals surface area contributed by atoms with Crippen molar-refractivity contribution in [3.8, 4) is 11.8 Å². The maximum Gasteiger partial charge on any atom is 0.0991 e. The molecule has 0 saturated heterocycles. The highest BCUT2D eigenvalue weighted by atomic mass is 32.1. The maximum absolute atomic E-state index is 9.59. The lowest BCUT2D eigenvalue weighted by Crippen LogP contribution is -2.12. The summed E-state index contributed by atoms with van der Waals surface area (Å²) >= 11 is 1.87. The van der Waals surface area contributed by atoms with Crippen LogP contribution in [0.5, 0.6) is 0 Å². The molecular weight excluding hydrogens is 821 g/mol. The minimum atomic E-state index is 0.640. The van der Waals surface area contributed by atoms with Crippen LogP contribution in [-0.2, 0) is 0 Å². The molecule has 66 heavy (non-hydrogen) atoms. The van der Waals surface area contributed by atoms with Crippen molar-refractivity contribution in [2.24, 2.45) is 0 Å². The average Bonchev–Trinajstić information content (AvgIpc) is 3.94. The summed E-state index contributed by atoms with van der Waals surface area (Å²) in [6.45, 7) is 0. The highest BCUT2D eigenvalue weighted by molar-refractivity contribution is 7.26. The first-order valence-corrected chi connectivity index (χ1v) is 23.0. The van der Waals surface area contributed by atoms with Gasteiger partial charge in [-0.25, -0.2) is 0 Å². The number of nitriles is 1. The van der Waals surface area contributed by atoms with Crippen molar-refractivity contribution in [1.82, 2.24) is 4.57 Å². The van der Waals surface area contributed by atoms with Gasteiger partial charge in [0, 0.05) is 60.4 Å². The molecule has 0 N–H and O–H groups in total. The van der Waals surface area contributed by atoms with Gasteiger partial charge in [-0.15, -0.1) is 11.3 Å².